The highest BCUT2D eigenvalue weighted by Crippen LogP contribution is 2.22. The number of pyridine rings is 1. The summed E-state index contributed by atoms with van der Waals surface area (Å²) in [6, 6.07) is 15.9. The Hall–Kier alpha value is -2.95. The molecule has 3 aromatic rings. The number of non-ortho nitro benzene ring substituents is 1. The fourth-order valence-electron chi connectivity index (χ4n) is 2.13. The van der Waals surface area contributed by atoms with Gasteiger partial charge in [-0.25, -0.2) is 0 Å². The van der Waals surface area contributed by atoms with Gasteiger partial charge in [-0.1, -0.05) is 30.3 Å². The van der Waals surface area contributed by atoms with Crippen molar-refractivity contribution in [1.82, 2.24) is 4.98 Å². The molecule has 0 aliphatic heterocycles. The van der Waals surface area contributed by atoms with Crippen molar-refractivity contribution >= 4 is 16.6 Å². The van der Waals surface area contributed by atoms with E-state index in [0.29, 0.717) is 12.4 Å². The average molecular weight is 280 g/mol. The molecular formula is C16H12N2O3. The molecule has 0 atom stereocenters. The third-order valence-electron chi connectivity index (χ3n) is 3.14. The van der Waals surface area contributed by atoms with Crippen molar-refractivity contribution in [2.24, 2.45) is 0 Å². The molecular weight excluding hydrogens is 268 g/mol. The van der Waals surface area contributed by atoms with Crippen LogP contribution in [0.4, 0.5) is 5.69 Å². The van der Waals surface area contributed by atoms with Gasteiger partial charge in [-0.15, -0.1) is 0 Å². The minimum Gasteiger partial charge on any atom is -0.489 e. The molecule has 1 aromatic heterocycles. The van der Waals surface area contributed by atoms with Gasteiger partial charge in [-0.3, -0.25) is 15.1 Å². The molecule has 0 saturated carbocycles. The Labute approximate surface area is 121 Å². The number of hydrogen-bond donors (Lipinski definition) is 0. The second-order valence-corrected chi connectivity index (χ2v) is 4.54. The Kier molecular flexibility index (Phi) is 3.47. The minimum atomic E-state index is -0.438. The van der Waals surface area contributed by atoms with Gasteiger partial charge in [-0.2, -0.15) is 0 Å². The van der Waals surface area contributed by atoms with Crippen LogP contribution >= 0.6 is 0 Å². The van der Waals surface area contributed by atoms with Crippen LogP contribution in [0.3, 0.4) is 0 Å². The molecule has 0 fully saturated rings. The Morgan fingerprint density at radius 2 is 1.90 bits per heavy atom. The van der Waals surface area contributed by atoms with E-state index < -0.39 is 4.92 Å². The predicted molar refractivity (Wildman–Crippen MR) is 79.2 cm³/mol. The van der Waals surface area contributed by atoms with Crippen molar-refractivity contribution in [3.05, 3.63) is 76.5 Å². The zero-order chi connectivity index (χ0) is 14.7. The topological polar surface area (TPSA) is 65.3 Å². The smallest absolute Gasteiger partial charge is 0.273 e. The number of nitro groups is 1. The molecule has 1 heterocycles. The van der Waals surface area contributed by atoms with E-state index in [4.69, 9.17) is 4.74 Å². The van der Waals surface area contributed by atoms with Crippen LogP contribution in [0.15, 0.2) is 60.8 Å². The molecule has 0 radical (unpaired) electrons. The molecule has 5 nitrogen and oxygen atoms in total. The highest BCUT2D eigenvalue weighted by molar-refractivity contribution is 5.81. The van der Waals surface area contributed by atoms with Crippen molar-refractivity contribution in [2.75, 3.05) is 0 Å². The number of benzene rings is 2. The number of rotatable bonds is 4. The van der Waals surface area contributed by atoms with Crippen LogP contribution in [0.25, 0.3) is 10.9 Å². The summed E-state index contributed by atoms with van der Waals surface area (Å²) < 4.78 is 5.65. The number of fused-ring (bicyclic) bond motifs is 1. The Morgan fingerprint density at radius 3 is 2.76 bits per heavy atom. The van der Waals surface area contributed by atoms with Crippen molar-refractivity contribution in [3.8, 4) is 5.75 Å². The summed E-state index contributed by atoms with van der Waals surface area (Å²) in [6.45, 7) is 0.315. The SMILES string of the molecule is O=[N+]([O-])c1cccc(OCc2cccc3cccnc23)c1. The molecule has 5 heteroatoms. The zero-order valence-corrected chi connectivity index (χ0v) is 11.1. The normalized spacial score (nSPS) is 10.5. The lowest BCUT2D eigenvalue weighted by atomic mass is 10.1. The molecule has 0 amide bonds. The number of aromatic nitrogens is 1. The molecule has 0 aliphatic carbocycles. The fraction of sp³-hybridized carbons (Fsp3) is 0.0625. The van der Waals surface area contributed by atoms with Gasteiger partial charge in [0.1, 0.15) is 12.4 Å². The lowest BCUT2D eigenvalue weighted by Crippen LogP contribution is -1.98. The van der Waals surface area contributed by atoms with Crippen molar-refractivity contribution in [3.63, 3.8) is 0 Å². The summed E-state index contributed by atoms with van der Waals surface area (Å²) in [4.78, 5) is 14.7. The monoisotopic (exact) mass is 280 g/mol. The summed E-state index contributed by atoms with van der Waals surface area (Å²) in [5, 5.41) is 11.8. The number of hydrogen-bond acceptors (Lipinski definition) is 4. The van der Waals surface area contributed by atoms with E-state index in [1.807, 2.05) is 30.3 Å². The summed E-state index contributed by atoms with van der Waals surface area (Å²) >= 11 is 0. The third kappa shape index (κ3) is 2.81. The zero-order valence-electron chi connectivity index (χ0n) is 11.1. The fourth-order valence-corrected chi connectivity index (χ4v) is 2.13. The van der Waals surface area contributed by atoms with Crippen LogP contribution in [0, 0.1) is 10.1 Å². The Morgan fingerprint density at radius 1 is 1.10 bits per heavy atom. The maximum Gasteiger partial charge on any atom is 0.273 e. The van der Waals surface area contributed by atoms with Gasteiger partial charge < -0.3 is 4.74 Å². The van der Waals surface area contributed by atoms with E-state index in [-0.39, 0.29) is 5.69 Å². The van der Waals surface area contributed by atoms with Crippen LogP contribution in [0.5, 0.6) is 5.75 Å². The number of nitro benzene ring substituents is 1. The van der Waals surface area contributed by atoms with Gasteiger partial charge in [0.05, 0.1) is 16.5 Å². The molecule has 2 aromatic carbocycles. The van der Waals surface area contributed by atoms with E-state index in [1.165, 1.54) is 12.1 Å². The first-order chi connectivity index (χ1) is 10.2. The van der Waals surface area contributed by atoms with E-state index in [1.54, 1.807) is 18.3 Å². The standard InChI is InChI=1S/C16H12N2O3/c19-18(20)14-7-2-8-15(10-14)21-11-13-5-1-4-12-6-3-9-17-16(12)13/h1-10H,11H2. The van der Waals surface area contributed by atoms with E-state index in [0.717, 1.165) is 16.5 Å². The first kappa shape index (κ1) is 13.1. The minimum absolute atomic E-state index is 0.0172. The summed E-state index contributed by atoms with van der Waals surface area (Å²) in [5.41, 5.74) is 1.84. The van der Waals surface area contributed by atoms with Crippen LogP contribution in [0.2, 0.25) is 0 Å². The molecule has 21 heavy (non-hydrogen) atoms. The molecule has 3 rings (SSSR count). The third-order valence-corrected chi connectivity index (χ3v) is 3.14. The van der Waals surface area contributed by atoms with E-state index in [9.17, 15) is 10.1 Å². The van der Waals surface area contributed by atoms with E-state index in [2.05, 4.69) is 4.98 Å². The molecule has 0 saturated heterocycles. The van der Waals surface area contributed by atoms with Crippen molar-refractivity contribution in [2.45, 2.75) is 6.61 Å². The lowest BCUT2D eigenvalue weighted by molar-refractivity contribution is -0.384. The summed E-state index contributed by atoms with van der Waals surface area (Å²) in [6.07, 6.45) is 1.74. The van der Waals surface area contributed by atoms with Crippen LogP contribution in [-0.4, -0.2) is 9.91 Å². The molecule has 0 bridgehead atoms. The number of ether oxygens (including phenoxy) is 1. The van der Waals surface area contributed by atoms with Crippen LogP contribution in [-0.2, 0) is 6.61 Å². The van der Waals surface area contributed by atoms with Crippen molar-refractivity contribution in [1.29, 1.82) is 0 Å². The van der Waals surface area contributed by atoms with Gasteiger partial charge in [-0.05, 0) is 12.1 Å². The van der Waals surface area contributed by atoms with Crippen LogP contribution in [0.1, 0.15) is 5.56 Å². The molecule has 0 unspecified atom stereocenters. The first-order valence-electron chi connectivity index (χ1n) is 6.44. The van der Waals surface area contributed by atoms with E-state index >= 15 is 0 Å². The van der Waals surface area contributed by atoms with Gasteiger partial charge in [0, 0.05) is 23.2 Å². The highest BCUT2D eigenvalue weighted by Gasteiger charge is 2.07. The largest absolute Gasteiger partial charge is 0.489 e. The second-order valence-electron chi connectivity index (χ2n) is 4.54. The lowest BCUT2D eigenvalue weighted by Gasteiger charge is -2.08. The Bertz CT molecular complexity index is 797. The van der Waals surface area contributed by atoms with Gasteiger partial charge >= 0.3 is 0 Å². The summed E-state index contributed by atoms with van der Waals surface area (Å²) in [7, 11) is 0. The Balaban J connectivity index is 1.84. The second kappa shape index (κ2) is 5.58. The predicted octanol–water partition coefficient (Wildman–Crippen LogP) is 3.72. The number of nitrogens with zero attached hydrogens (tertiary/aromatic N) is 2. The maximum atomic E-state index is 10.7. The first-order valence-corrected chi connectivity index (χ1v) is 6.44. The maximum absolute atomic E-state index is 10.7. The van der Waals surface area contributed by atoms with Gasteiger partial charge in [0.25, 0.3) is 5.69 Å². The summed E-state index contributed by atoms with van der Waals surface area (Å²) in [5.74, 6) is 0.470. The molecule has 104 valence electrons. The van der Waals surface area contributed by atoms with Crippen molar-refractivity contribution < 1.29 is 9.66 Å². The highest BCUT2D eigenvalue weighted by atomic mass is 16.6. The van der Waals surface area contributed by atoms with Gasteiger partial charge in [0.2, 0.25) is 0 Å². The average Bonchev–Trinajstić information content (AvgIpc) is 2.53. The molecule has 0 N–H and O–H groups in total. The molecule has 0 spiro atoms. The molecule has 0 aliphatic rings. The van der Waals surface area contributed by atoms with Gasteiger partial charge in [0.15, 0.2) is 0 Å². The number of para-hydroxylation sites is 1. The quantitative estimate of drug-likeness (QED) is 0.539. The van der Waals surface area contributed by atoms with Crippen LogP contribution < -0.4 is 4.74 Å².